The Balaban J connectivity index is 0.00000341. The van der Waals surface area contributed by atoms with Crippen LogP contribution >= 0.6 is 24.0 Å². The highest BCUT2D eigenvalue weighted by molar-refractivity contribution is 14.0. The monoisotopic (exact) mass is 536 g/mol. The van der Waals surface area contributed by atoms with Gasteiger partial charge in [0.15, 0.2) is 5.96 Å². The largest absolute Gasteiger partial charge is 0.357 e. The lowest BCUT2D eigenvalue weighted by Gasteiger charge is -2.33. The van der Waals surface area contributed by atoms with Crippen LogP contribution in [0, 0.1) is 0 Å². The standard InChI is InChI=1S/C24H36N6.HI/c1-5-25-23(28-19-24(2,3)21-9-7-6-8-10-21)27-18-20-11-12-22(26-17-20)30-15-13-29(4)14-16-30;/h6-12,17H,5,13-16,18-19H2,1-4H3,(H2,25,27,28);1H. The first-order valence-corrected chi connectivity index (χ1v) is 10.9. The minimum atomic E-state index is 0. The average Bonchev–Trinajstić information content (AvgIpc) is 2.77. The van der Waals surface area contributed by atoms with Gasteiger partial charge in [0.25, 0.3) is 0 Å². The van der Waals surface area contributed by atoms with Gasteiger partial charge in [0.05, 0.1) is 6.54 Å². The maximum Gasteiger partial charge on any atom is 0.191 e. The summed E-state index contributed by atoms with van der Waals surface area (Å²) in [5, 5.41) is 6.85. The van der Waals surface area contributed by atoms with Crippen LogP contribution in [-0.4, -0.2) is 62.2 Å². The molecule has 1 aliphatic rings. The quantitative estimate of drug-likeness (QED) is 0.323. The fourth-order valence-electron chi connectivity index (χ4n) is 3.54. The van der Waals surface area contributed by atoms with Crippen LogP contribution in [0.5, 0.6) is 0 Å². The predicted octanol–water partition coefficient (Wildman–Crippen LogP) is 3.48. The molecule has 0 spiro atoms. The number of piperazine rings is 1. The molecule has 31 heavy (non-hydrogen) atoms. The Morgan fingerprint density at radius 2 is 1.74 bits per heavy atom. The van der Waals surface area contributed by atoms with Gasteiger partial charge in [0.2, 0.25) is 0 Å². The van der Waals surface area contributed by atoms with E-state index in [9.17, 15) is 0 Å². The van der Waals surface area contributed by atoms with Crippen LogP contribution in [0.4, 0.5) is 5.82 Å². The molecule has 170 valence electrons. The molecule has 2 heterocycles. The van der Waals surface area contributed by atoms with E-state index in [1.54, 1.807) is 0 Å². The summed E-state index contributed by atoms with van der Waals surface area (Å²) < 4.78 is 0. The Bertz CT molecular complexity index is 799. The van der Waals surface area contributed by atoms with Gasteiger partial charge in [0, 0.05) is 50.9 Å². The number of rotatable bonds is 7. The highest BCUT2D eigenvalue weighted by Gasteiger charge is 2.20. The average molecular weight is 537 g/mol. The van der Waals surface area contributed by atoms with Crippen molar-refractivity contribution >= 4 is 35.8 Å². The van der Waals surface area contributed by atoms with Crippen molar-refractivity contribution in [2.24, 2.45) is 4.99 Å². The van der Waals surface area contributed by atoms with Crippen molar-refractivity contribution in [3.05, 3.63) is 59.8 Å². The van der Waals surface area contributed by atoms with Crippen molar-refractivity contribution in [1.29, 1.82) is 0 Å². The van der Waals surface area contributed by atoms with Crippen LogP contribution in [0.15, 0.2) is 53.7 Å². The highest BCUT2D eigenvalue weighted by Crippen LogP contribution is 2.21. The predicted molar refractivity (Wildman–Crippen MR) is 142 cm³/mol. The second kappa shape index (κ2) is 12.2. The lowest BCUT2D eigenvalue weighted by atomic mass is 9.85. The van der Waals surface area contributed by atoms with Crippen LogP contribution in [0.2, 0.25) is 0 Å². The maximum atomic E-state index is 4.77. The number of pyridine rings is 1. The summed E-state index contributed by atoms with van der Waals surface area (Å²) in [6.07, 6.45) is 1.95. The van der Waals surface area contributed by atoms with Gasteiger partial charge in [-0.15, -0.1) is 24.0 Å². The first-order valence-electron chi connectivity index (χ1n) is 10.9. The molecule has 2 N–H and O–H groups in total. The summed E-state index contributed by atoms with van der Waals surface area (Å²) in [6, 6.07) is 14.9. The molecule has 0 aliphatic carbocycles. The third kappa shape index (κ3) is 7.64. The number of anilines is 1. The molecular weight excluding hydrogens is 499 g/mol. The van der Waals surface area contributed by atoms with E-state index < -0.39 is 0 Å². The number of halogens is 1. The molecule has 2 aromatic rings. The van der Waals surface area contributed by atoms with E-state index in [0.717, 1.165) is 56.6 Å². The van der Waals surface area contributed by atoms with E-state index in [0.29, 0.717) is 6.54 Å². The molecule has 1 aromatic carbocycles. The zero-order chi connectivity index (χ0) is 21.4. The Morgan fingerprint density at radius 1 is 1.03 bits per heavy atom. The van der Waals surface area contributed by atoms with E-state index in [-0.39, 0.29) is 29.4 Å². The molecule has 7 heteroatoms. The Morgan fingerprint density at radius 3 is 2.35 bits per heavy atom. The number of hydrogen-bond donors (Lipinski definition) is 2. The fraction of sp³-hybridized carbons (Fsp3) is 0.500. The molecule has 1 saturated heterocycles. The van der Waals surface area contributed by atoms with Crippen LogP contribution in [-0.2, 0) is 12.0 Å². The Kier molecular flexibility index (Phi) is 10.0. The second-order valence-electron chi connectivity index (χ2n) is 8.61. The molecule has 0 saturated carbocycles. The van der Waals surface area contributed by atoms with E-state index in [2.05, 4.69) is 95.7 Å². The van der Waals surface area contributed by atoms with Gasteiger partial charge in [-0.2, -0.15) is 0 Å². The Hall–Kier alpha value is -1.87. The normalized spacial score (nSPS) is 15.4. The van der Waals surface area contributed by atoms with Crippen molar-refractivity contribution in [3.8, 4) is 0 Å². The molecule has 3 rings (SSSR count). The molecule has 1 fully saturated rings. The third-order valence-corrected chi connectivity index (χ3v) is 5.65. The van der Waals surface area contributed by atoms with Crippen LogP contribution in [0.1, 0.15) is 31.9 Å². The van der Waals surface area contributed by atoms with Gasteiger partial charge in [0.1, 0.15) is 5.82 Å². The summed E-state index contributed by atoms with van der Waals surface area (Å²) in [7, 11) is 2.17. The first kappa shape index (κ1) is 25.4. The van der Waals surface area contributed by atoms with E-state index >= 15 is 0 Å². The topological polar surface area (TPSA) is 55.8 Å². The van der Waals surface area contributed by atoms with Gasteiger partial charge in [-0.3, -0.25) is 0 Å². The van der Waals surface area contributed by atoms with E-state index in [1.807, 2.05) is 6.20 Å². The summed E-state index contributed by atoms with van der Waals surface area (Å²) in [4.78, 5) is 14.1. The van der Waals surface area contributed by atoms with Crippen molar-refractivity contribution < 1.29 is 0 Å². The smallest absolute Gasteiger partial charge is 0.191 e. The maximum absolute atomic E-state index is 4.77. The van der Waals surface area contributed by atoms with Crippen molar-refractivity contribution in [2.75, 3.05) is 51.2 Å². The lowest BCUT2D eigenvalue weighted by molar-refractivity contribution is 0.312. The van der Waals surface area contributed by atoms with Crippen molar-refractivity contribution in [3.63, 3.8) is 0 Å². The summed E-state index contributed by atoms with van der Waals surface area (Å²) in [6.45, 7) is 13.1. The Labute approximate surface area is 204 Å². The molecule has 1 aromatic heterocycles. The van der Waals surface area contributed by atoms with E-state index in [1.165, 1.54) is 5.56 Å². The molecule has 0 bridgehead atoms. The third-order valence-electron chi connectivity index (χ3n) is 5.65. The molecule has 0 amide bonds. The fourth-order valence-corrected chi connectivity index (χ4v) is 3.54. The van der Waals surface area contributed by atoms with Gasteiger partial charge in [-0.1, -0.05) is 50.2 Å². The highest BCUT2D eigenvalue weighted by atomic mass is 127. The number of aromatic nitrogens is 1. The number of aliphatic imine (C=N–C) groups is 1. The molecule has 0 atom stereocenters. The number of guanidine groups is 1. The van der Waals surface area contributed by atoms with Crippen molar-refractivity contribution in [2.45, 2.75) is 32.7 Å². The minimum absolute atomic E-state index is 0. The molecule has 0 radical (unpaired) electrons. The zero-order valence-corrected chi connectivity index (χ0v) is 21.6. The summed E-state index contributed by atoms with van der Waals surface area (Å²) >= 11 is 0. The minimum Gasteiger partial charge on any atom is -0.357 e. The van der Waals surface area contributed by atoms with Gasteiger partial charge < -0.3 is 20.4 Å². The van der Waals surface area contributed by atoms with Crippen molar-refractivity contribution in [1.82, 2.24) is 20.5 Å². The number of benzene rings is 1. The molecule has 0 unspecified atom stereocenters. The van der Waals surface area contributed by atoms with Gasteiger partial charge in [-0.05, 0) is 31.2 Å². The number of nitrogens with zero attached hydrogens (tertiary/aromatic N) is 4. The molecular formula is C24H37IN6. The van der Waals surface area contributed by atoms with E-state index in [4.69, 9.17) is 4.99 Å². The van der Waals surface area contributed by atoms with Crippen LogP contribution in [0.3, 0.4) is 0 Å². The lowest BCUT2D eigenvalue weighted by Crippen LogP contribution is -2.44. The first-order chi connectivity index (χ1) is 14.5. The summed E-state index contributed by atoms with van der Waals surface area (Å²) in [5.74, 6) is 1.90. The van der Waals surface area contributed by atoms with Crippen LogP contribution in [0.25, 0.3) is 0 Å². The number of hydrogen-bond acceptors (Lipinski definition) is 4. The second-order valence-corrected chi connectivity index (χ2v) is 8.61. The van der Waals surface area contributed by atoms with Gasteiger partial charge in [-0.25, -0.2) is 9.98 Å². The van der Waals surface area contributed by atoms with Crippen LogP contribution < -0.4 is 15.5 Å². The van der Waals surface area contributed by atoms with Gasteiger partial charge >= 0.3 is 0 Å². The summed E-state index contributed by atoms with van der Waals surface area (Å²) in [5.41, 5.74) is 2.45. The molecule has 1 aliphatic heterocycles. The SMILES string of the molecule is CCNC(=NCc1ccc(N2CCN(C)CC2)nc1)NCC(C)(C)c1ccccc1.I. The zero-order valence-electron chi connectivity index (χ0n) is 19.3. The number of nitrogens with one attached hydrogen (secondary N) is 2. The number of likely N-dealkylation sites (N-methyl/N-ethyl adjacent to an activating group) is 1. The molecule has 6 nitrogen and oxygen atoms in total.